The average molecular weight is 305 g/mol. The third-order valence-electron chi connectivity index (χ3n) is 5.00. The molecule has 1 aliphatic carbocycles. The molecule has 23 heavy (non-hydrogen) atoms. The second-order valence-corrected chi connectivity index (χ2v) is 6.43. The second-order valence-electron chi connectivity index (χ2n) is 6.43. The number of Topliss-reactive ketones (excluding diaryl/α,β-unsaturated/α-hetero) is 1. The van der Waals surface area contributed by atoms with E-state index in [9.17, 15) is 9.90 Å². The van der Waals surface area contributed by atoms with Gasteiger partial charge in [-0.15, -0.1) is 0 Å². The zero-order valence-corrected chi connectivity index (χ0v) is 13.0. The van der Waals surface area contributed by atoms with E-state index in [1.807, 2.05) is 30.3 Å². The zero-order valence-electron chi connectivity index (χ0n) is 13.0. The zero-order chi connectivity index (χ0) is 16.0. The van der Waals surface area contributed by atoms with Gasteiger partial charge in [-0.2, -0.15) is 0 Å². The fourth-order valence-corrected chi connectivity index (χ4v) is 3.86. The Morgan fingerprint density at radius 3 is 2.87 bits per heavy atom. The Labute approximate surface area is 135 Å². The minimum Gasteiger partial charge on any atom is -0.508 e. The third kappa shape index (κ3) is 2.33. The number of benzene rings is 2. The Kier molecular flexibility index (Phi) is 3.22. The van der Waals surface area contributed by atoms with Crippen LogP contribution in [0, 0.1) is 5.92 Å². The number of carbonyl (C=O) groups excluding carboxylic acids is 1. The van der Waals surface area contributed by atoms with Crippen LogP contribution < -0.4 is 5.32 Å². The highest BCUT2D eigenvalue weighted by Crippen LogP contribution is 2.50. The van der Waals surface area contributed by atoms with Crippen molar-refractivity contribution >= 4 is 11.5 Å². The van der Waals surface area contributed by atoms with Gasteiger partial charge in [0.05, 0.1) is 6.04 Å². The van der Waals surface area contributed by atoms with Gasteiger partial charge in [0.1, 0.15) is 5.75 Å². The summed E-state index contributed by atoms with van der Waals surface area (Å²) in [4.78, 5) is 11.7. The van der Waals surface area contributed by atoms with Gasteiger partial charge in [0, 0.05) is 17.2 Å². The molecule has 0 bridgehead atoms. The number of phenolic OH excluding ortho intramolecular Hbond substituents is 1. The summed E-state index contributed by atoms with van der Waals surface area (Å²) in [7, 11) is 0. The van der Waals surface area contributed by atoms with E-state index in [-0.39, 0.29) is 11.8 Å². The lowest BCUT2D eigenvalue weighted by atomic mass is 9.76. The average Bonchev–Trinajstić information content (AvgIpc) is 3.03. The highest BCUT2D eigenvalue weighted by atomic mass is 16.3. The van der Waals surface area contributed by atoms with Crippen molar-refractivity contribution in [2.45, 2.75) is 25.3 Å². The Morgan fingerprint density at radius 1 is 1.22 bits per heavy atom. The molecule has 3 atom stereocenters. The van der Waals surface area contributed by atoms with Crippen LogP contribution in [0.2, 0.25) is 0 Å². The molecular weight excluding hydrogens is 286 g/mol. The van der Waals surface area contributed by atoms with Crippen LogP contribution in [0.3, 0.4) is 0 Å². The maximum atomic E-state index is 11.7. The fourth-order valence-electron chi connectivity index (χ4n) is 3.86. The maximum absolute atomic E-state index is 11.7. The normalized spacial score (nSPS) is 24.7. The van der Waals surface area contributed by atoms with Crippen molar-refractivity contribution in [3.05, 3.63) is 71.3 Å². The van der Waals surface area contributed by atoms with Gasteiger partial charge in [-0.05, 0) is 60.7 Å². The molecule has 0 aromatic heterocycles. The number of fused-ring (bicyclic) bond motifs is 3. The van der Waals surface area contributed by atoms with E-state index < -0.39 is 0 Å². The first-order valence-corrected chi connectivity index (χ1v) is 8.00. The molecule has 0 radical (unpaired) electrons. The Balaban J connectivity index is 1.79. The number of hydrogen-bond acceptors (Lipinski definition) is 3. The number of allylic oxidation sites excluding steroid dienone is 2. The van der Waals surface area contributed by atoms with Crippen molar-refractivity contribution in [1.29, 1.82) is 0 Å². The summed E-state index contributed by atoms with van der Waals surface area (Å²) in [5.74, 6) is 1.12. The maximum Gasteiger partial charge on any atom is 0.159 e. The number of hydrogen-bond donors (Lipinski definition) is 2. The highest BCUT2D eigenvalue weighted by Gasteiger charge is 2.38. The van der Waals surface area contributed by atoms with Gasteiger partial charge in [-0.1, -0.05) is 24.3 Å². The van der Waals surface area contributed by atoms with E-state index in [4.69, 9.17) is 0 Å². The van der Waals surface area contributed by atoms with E-state index in [0.717, 1.165) is 23.2 Å². The largest absolute Gasteiger partial charge is 0.508 e. The molecule has 2 aromatic rings. The van der Waals surface area contributed by atoms with Gasteiger partial charge in [0.2, 0.25) is 0 Å². The van der Waals surface area contributed by atoms with Crippen LogP contribution in [0.4, 0.5) is 5.69 Å². The summed E-state index contributed by atoms with van der Waals surface area (Å²) < 4.78 is 0. The van der Waals surface area contributed by atoms with E-state index in [1.54, 1.807) is 13.0 Å². The molecule has 1 aliphatic heterocycles. The van der Waals surface area contributed by atoms with Crippen LogP contribution in [0.1, 0.15) is 46.8 Å². The molecule has 2 N–H and O–H groups in total. The molecule has 3 nitrogen and oxygen atoms in total. The number of nitrogens with one attached hydrogen (secondary N) is 1. The van der Waals surface area contributed by atoms with Crippen LogP contribution >= 0.6 is 0 Å². The highest BCUT2D eigenvalue weighted by molar-refractivity contribution is 5.95. The minimum atomic E-state index is 0.0985. The van der Waals surface area contributed by atoms with Crippen LogP contribution in [0.25, 0.3) is 0 Å². The SMILES string of the molecule is CC(=O)c1ccc2c(c1)[C@@H]1C=CC[C@@H]1[C@H](c1cccc(O)c1)N2. The first-order chi connectivity index (χ1) is 11.1. The molecule has 2 aliphatic rings. The summed E-state index contributed by atoms with van der Waals surface area (Å²) >= 11 is 0. The molecule has 2 aromatic carbocycles. The van der Waals surface area contributed by atoms with Crippen molar-refractivity contribution in [3.8, 4) is 5.75 Å². The lowest BCUT2D eigenvalue weighted by Crippen LogP contribution is -2.29. The number of ketones is 1. The van der Waals surface area contributed by atoms with Crippen molar-refractivity contribution < 1.29 is 9.90 Å². The van der Waals surface area contributed by atoms with Gasteiger partial charge in [0.15, 0.2) is 5.78 Å². The summed E-state index contributed by atoms with van der Waals surface area (Å²) in [6, 6.07) is 13.6. The lowest BCUT2D eigenvalue weighted by Gasteiger charge is -2.37. The van der Waals surface area contributed by atoms with E-state index in [0.29, 0.717) is 17.6 Å². The number of anilines is 1. The van der Waals surface area contributed by atoms with E-state index in [2.05, 4.69) is 23.5 Å². The van der Waals surface area contributed by atoms with Gasteiger partial charge in [-0.25, -0.2) is 0 Å². The Morgan fingerprint density at radius 2 is 2.09 bits per heavy atom. The summed E-state index contributed by atoms with van der Waals surface area (Å²) in [6.07, 6.45) is 5.48. The lowest BCUT2D eigenvalue weighted by molar-refractivity contribution is 0.101. The number of rotatable bonds is 2. The van der Waals surface area contributed by atoms with Gasteiger partial charge < -0.3 is 10.4 Å². The van der Waals surface area contributed by atoms with Crippen LogP contribution in [0.5, 0.6) is 5.75 Å². The Bertz CT molecular complexity index is 809. The molecule has 4 rings (SSSR count). The number of phenols is 1. The van der Waals surface area contributed by atoms with Crippen molar-refractivity contribution in [2.75, 3.05) is 5.32 Å². The smallest absolute Gasteiger partial charge is 0.159 e. The molecule has 0 saturated carbocycles. The Hall–Kier alpha value is -2.55. The van der Waals surface area contributed by atoms with E-state index >= 15 is 0 Å². The molecule has 0 fully saturated rings. The first kappa shape index (κ1) is 14.1. The molecule has 116 valence electrons. The number of carbonyl (C=O) groups is 1. The second kappa shape index (κ2) is 5.27. The van der Waals surface area contributed by atoms with Crippen molar-refractivity contribution in [1.82, 2.24) is 0 Å². The topological polar surface area (TPSA) is 49.3 Å². The molecule has 0 spiro atoms. The van der Waals surface area contributed by atoms with Gasteiger partial charge in [-0.3, -0.25) is 4.79 Å². The van der Waals surface area contributed by atoms with Crippen LogP contribution in [-0.4, -0.2) is 10.9 Å². The summed E-state index contributed by atoms with van der Waals surface area (Å²) in [6.45, 7) is 1.61. The predicted octanol–water partition coefficient (Wildman–Crippen LogP) is 4.42. The molecular formula is C20H19NO2. The van der Waals surface area contributed by atoms with E-state index in [1.165, 1.54) is 5.56 Å². The third-order valence-corrected chi connectivity index (χ3v) is 5.00. The molecule has 0 amide bonds. The summed E-state index contributed by atoms with van der Waals surface area (Å²) in [5, 5.41) is 13.4. The van der Waals surface area contributed by atoms with Crippen LogP contribution in [-0.2, 0) is 0 Å². The first-order valence-electron chi connectivity index (χ1n) is 8.00. The van der Waals surface area contributed by atoms with Gasteiger partial charge in [0.25, 0.3) is 0 Å². The standard InChI is InChI=1S/C20H19NO2/c1-12(22)13-8-9-19-18(11-13)16-6-3-7-17(16)20(21-19)14-4-2-5-15(23)10-14/h2-6,8-11,16-17,20-21,23H,7H2,1H3/t16-,17+,20+/m1/s1. The molecule has 1 heterocycles. The van der Waals surface area contributed by atoms with Crippen LogP contribution in [0.15, 0.2) is 54.6 Å². The monoisotopic (exact) mass is 305 g/mol. The molecule has 0 saturated heterocycles. The van der Waals surface area contributed by atoms with Crippen molar-refractivity contribution in [2.24, 2.45) is 5.92 Å². The quantitative estimate of drug-likeness (QED) is 0.638. The number of aromatic hydroxyl groups is 1. The van der Waals surface area contributed by atoms with Crippen molar-refractivity contribution in [3.63, 3.8) is 0 Å². The molecule has 0 unspecified atom stereocenters. The fraction of sp³-hybridized carbons (Fsp3) is 0.250. The minimum absolute atomic E-state index is 0.0985. The summed E-state index contributed by atoms with van der Waals surface area (Å²) in [5.41, 5.74) is 4.15. The molecule has 3 heteroatoms. The van der Waals surface area contributed by atoms with Gasteiger partial charge >= 0.3 is 0 Å². The predicted molar refractivity (Wildman–Crippen MR) is 90.9 cm³/mol.